The molecule has 1 fully saturated rings. The van der Waals surface area contributed by atoms with Crippen LogP contribution >= 0.6 is 15.9 Å². The maximum Gasteiger partial charge on any atom is 0.128 e. The summed E-state index contributed by atoms with van der Waals surface area (Å²) in [5, 5.41) is 3.47. The van der Waals surface area contributed by atoms with Gasteiger partial charge in [0.05, 0.1) is 0 Å². The third-order valence-corrected chi connectivity index (χ3v) is 4.45. The Balaban J connectivity index is 1.87. The molecular weight excluding hydrogens is 307 g/mol. The van der Waals surface area contributed by atoms with Gasteiger partial charge < -0.3 is 10.2 Å². The molecule has 0 radical (unpaired) electrons. The molecular formula is C15H22BrFN2. The van der Waals surface area contributed by atoms with E-state index >= 15 is 0 Å². The van der Waals surface area contributed by atoms with E-state index in [1.165, 1.54) is 19.0 Å². The Morgan fingerprint density at radius 2 is 2.32 bits per heavy atom. The first kappa shape index (κ1) is 14.9. The number of hydrogen-bond acceptors (Lipinski definition) is 2. The van der Waals surface area contributed by atoms with Crippen LogP contribution < -0.4 is 5.32 Å². The number of rotatable bonds is 5. The summed E-state index contributed by atoms with van der Waals surface area (Å²) in [6.07, 6.45) is 1.24. The first-order chi connectivity index (χ1) is 9.10. The van der Waals surface area contributed by atoms with E-state index < -0.39 is 0 Å². The van der Waals surface area contributed by atoms with E-state index in [-0.39, 0.29) is 11.9 Å². The van der Waals surface area contributed by atoms with Crippen LogP contribution in [0.2, 0.25) is 0 Å². The minimum atomic E-state index is -0.134. The zero-order valence-electron chi connectivity index (χ0n) is 11.6. The van der Waals surface area contributed by atoms with Crippen LogP contribution in [0.3, 0.4) is 0 Å². The molecule has 4 heteroatoms. The van der Waals surface area contributed by atoms with E-state index in [1.54, 1.807) is 6.07 Å². The van der Waals surface area contributed by atoms with Crippen LogP contribution in [0.5, 0.6) is 0 Å². The molecule has 1 aromatic rings. The molecule has 0 amide bonds. The van der Waals surface area contributed by atoms with Crippen molar-refractivity contribution >= 4 is 15.9 Å². The van der Waals surface area contributed by atoms with E-state index in [2.05, 4.69) is 33.1 Å². The lowest BCUT2D eigenvalue weighted by Crippen LogP contribution is -2.28. The van der Waals surface area contributed by atoms with Gasteiger partial charge >= 0.3 is 0 Å². The molecule has 1 heterocycles. The maximum absolute atomic E-state index is 13.8. The van der Waals surface area contributed by atoms with Crippen LogP contribution in [0.15, 0.2) is 22.7 Å². The Labute approximate surface area is 123 Å². The number of benzene rings is 1. The molecule has 1 saturated heterocycles. The summed E-state index contributed by atoms with van der Waals surface area (Å²) in [6, 6.07) is 5.17. The van der Waals surface area contributed by atoms with Gasteiger partial charge in [0.15, 0.2) is 0 Å². The van der Waals surface area contributed by atoms with E-state index in [4.69, 9.17) is 0 Å². The van der Waals surface area contributed by atoms with Gasteiger partial charge in [-0.05, 0) is 57.1 Å². The standard InChI is InChI=1S/C15H22BrFN2/c1-3-19-7-6-12(10-19)9-18-11(2)14-8-13(16)4-5-15(14)17/h4-5,8,11-12,18H,3,6-7,9-10H2,1-2H3. The third kappa shape index (κ3) is 4.01. The fourth-order valence-corrected chi connectivity index (χ4v) is 3.05. The first-order valence-corrected chi connectivity index (χ1v) is 7.80. The van der Waals surface area contributed by atoms with Gasteiger partial charge in [0, 0.05) is 22.6 Å². The van der Waals surface area contributed by atoms with Gasteiger partial charge in [0.25, 0.3) is 0 Å². The zero-order valence-corrected chi connectivity index (χ0v) is 13.2. The highest BCUT2D eigenvalue weighted by atomic mass is 79.9. The fourth-order valence-electron chi connectivity index (χ4n) is 2.67. The molecule has 1 aromatic carbocycles. The Kier molecular flexibility index (Phi) is 5.37. The molecule has 2 nitrogen and oxygen atoms in total. The van der Waals surface area contributed by atoms with Crippen molar-refractivity contribution in [1.82, 2.24) is 10.2 Å². The number of hydrogen-bond donors (Lipinski definition) is 1. The average molecular weight is 329 g/mol. The molecule has 2 atom stereocenters. The van der Waals surface area contributed by atoms with Gasteiger partial charge in [0.2, 0.25) is 0 Å². The van der Waals surface area contributed by atoms with Crippen molar-refractivity contribution in [2.75, 3.05) is 26.2 Å². The van der Waals surface area contributed by atoms with Crippen molar-refractivity contribution in [1.29, 1.82) is 0 Å². The second-order valence-corrected chi connectivity index (χ2v) is 6.26. The second-order valence-electron chi connectivity index (χ2n) is 5.34. The van der Waals surface area contributed by atoms with E-state index in [0.29, 0.717) is 5.92 Å². The quantitative estimate of drug-likeness (QED) is 0.888. The van der Waals surface area contributed by atoms with Gasteiger partial charge in [-0.15, -0.1) is 0 Å². The summed E-state index contributed by atoms with van der Waals surface area (Å²) in [5.41, 5.74) is 0.736. The minimum absolute atomic E-state index is 0.0492. The Bertz CT molecular complexity index is 425. The number of nitrogens with one attached hydrogen (secondary N) is 1. The lowest BCUT2D eigenvalue weighted by molar-refractivity contribution is 0.335. The molecule has 0 bridgehead atoms. The Morgan fingerprint density at radius 1 is 1.53 bits per heavy atom. The van der Waals surface area contributed by atoms with Gasteiger partial charge in [-0.25, -0.2) is 4.39 Å². The third-order valence-electron chi connectivity index (χ3n) is 3.95. The van der Waals surface area contributed by atoms with Crippen LogP contribution in [0, 0.1) is 11.7 Å². The lowest BCUT2D eigenvalue weighted by atomic mass is 10.1. The van der Waals surface area contributed by atoms with Crippen molar-refractivity contribution in [3.05, 3.63) is 34.1 Å². The summed E-state index contributed by atoms with van der Waals surface area (Å²) < 4.78 is 14.7. The highest BCUT2D eigenvalue weighted by Crippen LogP contribution is 2.22. The van der Waals surface area contributed by atoms with Crippen molar-refractivity contribution in [3.8, 4) is 0 Å². The topological polar surface area (TPSA) is 15.3 Å². The highest BCUT2D eigenvalue weighted by molar-refractivity contribution is 9.10. The maximum atomic E-state index is 13.8. The fraction of sp³-hybridized carbons (Fsp3) is 0.600. The Hall–Kier alpha value is -0.450. The van der Waals surface area contributed by atoms with E-state index in [9.17, 15) is 4.39 Å². The van der Waals surface area contributed by atoms with Crippen LogP contribution in [0.4, 0.5) is 4.39 Å². The van der Waals surface area contributed by atoms with Crippen molar-refractivity contribution in [3.63, 3.8) is 0 Å². The molecule has 1 N–H and O–H groups in total. The van der Waals surface area contributed by atoms with Crippen LogP contribution in [0.1, 0.15) is 31.9 Å². The molecule has 1 aliphatic rings. The van der Waals surface area contributed by atoms with Crippen molar-refractivity contribution in [2.24, 2.45) is 5.92 Å². The monoisotopic (exact) mass is 328 g/mol. The highest BCUT2D eigenvalue weighted by Gasteiger charge is 2.21. The smallest absolute Gasteiger partial charge is 0.128 e. The molecule has 0 saturated carbocycles. The predicted molar refractivity (Wildman–Crippen MR) is 80.7 cm³/mol. The average Bonchev–Trinajstić information content (AvgIpc) is 2.87. The lowest BCUT2D eigenvalue weighted by Gasteiger charge is -2.19. The molecule has 19 heavy (non-hydrogen) atoms. The van der Waals surface area contributed by atoms with Crippen molar-refractivity contribution in [2.45, 2.75) is 26.3 Å². The predicted octanol–water partition coefficient (Wildman–Crippen LogP) is 3.58. The van der Waals surface area contributed by atoms with Crippen molar-refractivity contribution < 1.29 is 4.39 Å². The summed E-state index contributed by atoms with van der Waals surface area (Å²) in [5.74, 6) is 0.558. The minimum Gasteiger partial charge on any atom is -0.310 e. The van der Waals surface area contributed by atoms with Gasteiger partial charge in [-0.2, -0.15) is 0 Å². The summed E-state index contributed by atoms with van der Waals surface area (Å²) in [6.45, 7) is 8.68. The largest absolute Gasteiger partial charge is 0.310 e. The molecule has 2 unspecified atom stereocenters. The van der Waals surface area contributed by atoms with Gasteiger partial charge in [-0.1, -0.05) is 22.9 Å². The number of halogens is 2. The van der Waals surface area contributed by atoms with Crippen LogP contribution in [-0.2, 0) is 0 Å². The van der Waals surface area contributed by atoms with E-state index in [0.717, 1.165) is 29.7 Å². The zero-order chi connectivity index (χ0) is 13.8. The van der Waals surface area contributed by atoms with Gasteiger partial charge in [0.1, 0.15) is 5.82 Å². The first-order valence-electron chi connectivity index (χ1n) is 7.00. The number of nitrogens with zero attached hydrogens (tertiary/aromatic N) is 1. The SMILES string of the molecule is CCN1CCC(CNC(C)c2cc(Br)ccc2F)C1. The van der Waals surface area contributed by atoms with Gasteiger partial charge in [-0.3, -0.25) is 0 Å². The molecule has 2 rings (SSSR count). The molecule has 0 aliphatic carbocycles. The molecule has 0 aromatic heterocycles. The number of likely N-dealkylation sites (tertiary alicyclic amines) is 1. The molecule has 0 spiro atoms. The van der Waals surface area contributed by atoms with Crippen LogP contribution in [-0.4, -0.2) is 31.1 Å². The summed E-state index contributed by atoms with van der Waals surface area (Å²) >= 11 is 3.40. The Morgan fingerprint density at radius 3 is 3.00 bits per heavy atom. The molecule has 1 aliphatic heterocycles. The second kappa shape index (κ2) is 6.82. The summed E-state index contributed by atoms with van der Waals surface area (Å²) in [4.78, 5) is 2.47. The molecule has 106 valence electrons. The summed E-state index contributed by atoms with van der Waals surface area (Å²) in [7, 11) is 0. The van der Waals surface area contributed by atoms with E-state index in [1.807, 2.05) is 13.0 Å². The normalized spacial score (nSPS) is 21.8. The van der Waals surface area contributed by atoms with Crippen LogP contribution in [0.25, 0.3) is 0 Å².